The van der Waals surface area contributed by atoms with Crippen LogP contribution in [0.3, 0.4) is 0 Å². The molecule has 3 rings (SSSR count). The Balaban J connectivity index is 1.90. The molecule has 6 nitrogen and oxygen atoms in total. The number of aryl methyl sites for hydroxylation is 1. The van der Waals surface area contributed by atoms with Gasteiger partial charge in [0.1, 0.15) is 11.9 Å². The van der Waals surface area contributed by atoms with E-state index in [4.69, 9.17) is 0 Å². The molecule has 1 fully saturated rings. The average Bonchev–Trinajstić information content (AvgIpc) is 2.99. The maximum atomic E-state index is 13.1. The third kappa shape index (κ3) is 2.93. The minimum Gasteiger partial charge on any atom is -0.326 e. The number of amides is 3. The monoisotopic (exact) mass is 343 g/mol. The first-order valence-electron chi connectivity index (χ1n) is 7.89. The molecule has 1 aromatic heterocycles. The Bertz CT molecular complexity index is 870. The van der Waals surface area contributed by atoms with E-state index in [2.05, 4.69) is 5.32 Å². The summed E-state index contributed by atoms with van der Waals surface area (Å²) in [5, 5.41) is 2.48. The molecule has 25 heavy (non-hydrogen) atoms. The third-order valence-electron chi connectivity index (χ3n) is 4.34. The van der Waals surface area contributed by atoms with Gasteiger partial charge in [-0.05, 0) is 51.1 Å². The molecule has 0 saturated carbocycles. The van der Waals surface area contributed by atoms with Crippen molar-refractivity contribution < 1.29 is 18.8 Å². The normalized spacial score (nSPS) is 17.1. The van der Waals surface area contributed by atoms with Crippen molar-refractivity contribution in [1.82, 2.24) is 14.8 Å². The average molecular weight is 343 g/mol. The number of carbonyl (C=O) groups excluding carboxylic acids is 3. The molecule has 0 spiro atoms. The van der Waals surface area contributed by atoms with Gasteiger partial charge in [-0.3, -0.25) is 14.5 Å². The first-order valence-corrected chi connectivity index (χ1v) is 7.89. The molecule has 2 heterocycles. The van der Waals surface area contributed by atoms with Gasteiger partial charge < -0.3 is 9.88 Å². The van der Waals surface area contributed by atoms with Crippen LogP contribution in [0.25, 0.3) is 5.69 Å². The van der Waals surface area contributed by atoms with Crippen molar-refractivity contribution in [3.8, 4) is 5.69 Å². The number of ketones is 1. The largest absolute Gasteiger partial charge is 0.326 e. The van der Waals surface area contributed by atoms with E-state index in [0.717, 1.165) is 16.3 Å². The SMILES string of the molecule is Cc1cc(C(=O)CN2C(=O)N[C@@H](C)C2=O)c(C)n1-c1ccc(F)cc1. The van der Waals surface area contributed by atoms with E-state index in [0.29, 0.717) is 11.3 Å². The topological polar surface area (TPSA) is 71.4 Å². The summed E-state index contributed by atoms with van der Waals surface area (Å²) >= 11 is 0. The number of imide groups is 1. The van der Waals surface area contributed by atoms with Gasteiger partial charge in [-0.15, -0.1) is 0 Å². The van der Waals surface area contributed by atoms with Crippen LogP contribution in [0.5, 0.6) is 0 Å². The lowest BCUT2D eigenvalue weighted by Crippen LogP contribution is -2.36. The molecule has 1 saturated heterocycles. The van der Waals surface area contributed by atoms with E-state index in [1.807, 2.05) is 11.5 Å². The second-order valence-corrected chi connectivity index (χ2v) is 6.12. The van der Waals surface area contributed by atoms with Crippen molar-refractivity contribution >= 4 is 17.7 Å². The van der Waals surface area contributed by atoms with Crippen molar-refractivity contribution in [2.24, 2.45) is 0 Å². The molecular formula is C18H18FN3O3. The summed E-state index contributed by atoms with van der Waals surface area (Å²) in [6.45, 7) is 4.88. The zero-order valence-electron chi connectivity index (χ0n) is 14.2. The highest BCUT2D eigenvalue weighted by Gasteiger charge is 2.36. The van der Waals surface area contributed by atoms with Crippen LogP contribution in [0.15, 0.2) is 30.3 Å². The van der Waals surface area contributed by atoms with Crippen LogP contribution in [0.2, 0.25) is 0 Å². The standard InChI is InChI=1S/C18H18FN3O3/c1-10-8-15(12(3)22(10)14-6-4-13(19)5-7-14)16(23)9-21-17(24)11(2)20-18(21)25/h4-8,11H,9H2,1-3H3,(H,20,25)/t11-/m0/s1. The fraction of sp³-hybridized carbons (Fsp3) is 0.278. The van der Waals surface area contributed by atoms with Crippen LogP contribution in [0.4, 0.5) is 9.18 Å². The van der Waals surface area contributed by atoms with Gasteiger partial charge >= 0.3 is 6.03 Å². The van der Waals surface area contributed by atoms with Crippen LogP contribution >= 0.6 is 0 Å². The van der Waals surface area contributed by atoms with Crippen LogP contribution in [-0.4, -0.2) is 39.8 Å². The molecular weight excluding hydrogens is 325 g/mol. The van der Waals surface area contributed by atoms with Gasteiger partial charge in [0.05, 0.1) is 6.54 Å². The van der Waals surface area contributed by atoms with Crippen molar-refractivity contribution in [2.45, 2.75) is 26.8 Å². The van der Waals surface area contributed by atoms with Gasteiger partial charge in [0.2, 0.25) is 0 Å². The fourth-order valence-electron chi connectivity index (χ4n) is 3.07. The highest BCUT2D eigenvalue weighted by molar-refractivity contribution is 6.09. The second-order valence-electron chi connectivity index (χ2n) is 6.12. The lowest BCUT2D eigenvalue weighted by atomic mass is 10.1. The number of hydrogen-bond donors (Lipinski definition) is 1. The smallest absolute Gasteiger partial charge is 0.325 e. The van der Waals surface area contributed by atoms with Crippen LogP contribution in [-0.2, 0) is 4.79 Å². The Hall–Kier alpha value is -2.96. The van der Waals surface area contributed by atoms with Crippen LogP contribution in [0, 0.1) is 19.7 Å². The number of hydrogen-bond acceptors (Lipinski definition) is 3. The lowest BCUT2D eigenvalue weighted by molar-refractivity contribution is -0.126. The van der Waals surface area contributed by atoms with E-state index in [1.165, 1.54) is 12.1 Å². The minimum absolute atomic E-state index is 0.303. The van der Waals surface area contributed by atoms with E-state index in [-0.39, 0.29) is 18.1 Å². The molecule has 130 valence electrons. The fourth-order valence-corrected chi connectivity index (χ4v) is 3.07. The Labute approximate surface area is 144 Å². The van der Waals surface area contributed by atoms with Crippen molar-refractivity contribution in [3.63, 3.8) is 0 Å². The predicted octanol–water partition coefficient (Wildman–Crippen LogP) is 2.36. The van der Waals surface area contributed by atoms with E-state index in [1.54, 1.807) is 32.0 Å². The van der Waals surface area contributed by atoms with Gasteiger partial charge in [-0.25, -0.2) is 9.18 Å². The first-order chi connectivity index (χ1) is 11.8. The Kier molecular flexibility index (Phi) is 4.16. The number of rotatable bonds is 4. The zero-order chi connectivity index (χ0) is 18.3. The Morgan fingerprint density at radius 1 is 1.20 bits per heavy atom. The van der Waals surface area contributed by atoms with Crippen molar-refractivity contribution in [1.29, 1.82) is 0 Å². The lowest BCUT2D eigenvalue weighted by Gasteiger charge is -2.12. The quantitative estimate of drug-likeness (QED) is 0.684. The number of Topliss-reactive ketones (excluding diaryl/α,β-unsaturated/α-hetero) is 1. The Morgan fingerprint density at radius 2 is 1.84 bits per heavy atom. The summed E-state index contributed by atoms with van der Waals surface area (Å²) in [5.74, 6) is -1.07. The highest BCUT2D eigenvalue weighted by atomic mass is 19.1. The molecule has 0 unspecified atom stereocenters. The molecule has 2 aromatic rings. The maximum Gasteiger partial charge on any atom is 0.325 e. The maximum absolute atomic E-state index is 13.1. The summed E-state index contributed by atoms with van der Waals surface area (Å²) in [4.78, 5) is 37.3. The van der Waals surface area contributed by atoms with Crippen LogP contribution in [0.1, 0.15) is 28.7 Å². The van der Waals surface area contributed by atoms with E-state index >= 15 is 0 Å². The summed E-state index contributed by atoms with van der Waals surface area (Å²) < 4.78 is 15.0. The number of urea groups is 1. The minimum atomic E-state index is -0.619. The molecule has 0 radical (unpaired) electrons. The number of carbonyl (C=O) groups is 3. The third-order valence-corrected chi connectivity index (χ3v) is 4.34. The highest BCUT2D eigenvalue weighted by Crippen LogP contribution is 2.22. The van der Waals surface area contributed by atoms with Crippen LogP contribution < -0.4 is 5.32 Å². The van der Waals surface area contributed by atoms with E-state index in [9.17, 15) is 18.8 Å². The molecule has 1 aliphatic heterocycles. The van der Waals surface area contributed by atoms with Crippen molar-refractivity contribution in [3.05, 3.63) is 53.1 Å². The van der Waals surface area contributed by atoms with Gasteiger partial charge in [-0.1, -0.05) is 0 Å². The predicted molar refractivity (Wildman–Crippen MR) is 89.2 cm³/mol. The number of aromatic nitrogens is 1. The second kappa shape index (κ2) is 6.16. The van der Waals surface area contributed by atoms with Gasteiger partial charge in [-0.2, -0.15) is 0 Å². The number of nitrogens with one attached hydrogen (secondary N) is 1. The summed E-state index contributed by atoms with van der Waals surface area (Å²) in [5.41, 5.74) is 2.65. The van der Waals surface area contributed by atoms with Crippen molar-refractivity contribution in [2.75, 3.05) is 6.54 Å². The van der Waals surface area contributed by atoms with Gasteiger partial charge in [0.25, 0.3) is 5.91 Å². The summed E-state index contributed by atoms with van der Waals surface area (Å²) in [7, 11) is 0. The number of halogens is 1. The van der Waals surface area contributed by atoms with Gasteiger partial charge in [0, 0.05) is 22.6 Å². The molecule has 1 atom stereocenters. The molecule has 1 aliphatic rings. The van der Waals surface area contributed by atoms with Gasteiger partial charge in [0.15, 0.2) is 5.78 Å². The Morgan fingerprint density at radius 3 is 2.40 bits per heavy atom. The zero-order valence-corrected chi connectivity index (χ0v) is 14.2. The van der Waals surface area contributed by atoms with E-state index < -0.39 is 18.0 Å². The molecule has 1 N–H and O–H groups in total. The molecule has 3 amide bonds. The number of benzene rings is 1. The molecule has 0 bridgehead atoms. The molecule has 7 heteroatoms. The molecule has 1 aromatic carbocycles. The summed E-state index contributed by atoms with van der Waals surface area (Å²) in [6, 6.07) is 6.49. The number of nitrogens with zero attached hydrogens (tertiary/aromatic N) is 2. The summed E-state index contributed by atoms with van der Waals surface area (Å²) in [6.07, 6.45) is 0. The molecule has 0 aliphatic carbocycles. The first kappa shape index (κ1) is 16.9.